The molecule has 0 bridgehead atoms. The number of amides is 1. The summed E-state index contributed by atoms with van der Waals surface area (Å²) in [6.07, 6.45) is 4.07. The van der Waals surface area contributed by atoms with Crippen LogP contribution < -0.4 is 10.9 Å². The van der Waals surface area contributed by atoms with Crippen LogP contribution in [0, 0.1) is 13.8 Å². The number of carbonyl (C=O) groups excluding carboxylic acids is 1. The quantitative estimate of drug-likeness (QED) is 0.328. The molecule has 0 aliphatic heterocycles. The Kier molecular flexibility index (Phi) is 6.20. The second-order valence-corrected chi connectivity index (χ2v) is 9.64. The van der Waals surface area contributed by atoms with Gasteiger partial charge in [-0.05, 0) is 74.9 Å². The van der Waals surface area contributed by atoms with Crippen molar-refractivity contribution >= 4 is 34.4 Å². The van der Waals surface area contributed by atoms with Crippen molar-refractivity contribution in [2.45, 2.75) is 44.7 Å². The van der Waals surface area contributed by atoms with Crippen molar-refractivity contribution in [1.29, 1.82) is 0 Å². The zero-order chi connectivity index (χ0) is 23.7. The first-order valence-corrected chi connectivity index (χ1v) is 12.5. The van der Waals surface area contributed by atoms with E-state index in [-0.39, 0.29) is 17.2 Å². The van der Waals surface area contributed by atoms with Crippen molar-refractivity contribution in [2.75, 3.05) is 11.1 Å². The number of benzene rings is 2. The SMILES string of the molecule is Cc1ccc(NC(=O)CSc2nc3nc4c(cc3c(=O)n2-c2ccccc2C)CCCC4)cc1. The van der Waals surface area contributed by atoms with Crippen LogP contribution in [0.4, 0.5) is 5.69 Å². The van der Waals surface area contributed by atoms with Crippen LogP contribution in [0.15, 0.2) is 64.5 Å². The van der Waals surface area contributed by atoms with Crippen LogP contribution >= 0.6 is 11.8 Å². The summed E-state index contributed by atoms with van der Waals surface area (Å²) in [6, 6.07) is 17.4. The molecule has 0 unspecified atom stereocenters. The van der Waals surface area contributed by atoms with Gasteiger partial charge < -0.3 is 5.32 Å². The molecule has 6 nitrogen and oxygen atoms in total. The third kappa shape index (κ3) is 4.48. The first kappa shape index (κ1) is 22.3. The van der Waals surface area contributed by atoms with E-state index in [4.69, 9.17) is 9.97 Å². The fraction of sp³-hybridized carbons (Fsp3) is 0.259. The Labute approximate surface area is 202 Å². The standard InChI is InChI=1S/C27H26N4O2S/c1-17-11-13-20(14-12-17)28-24(32)16-34-27-30-25-21(15-19-8-4-5-9-22(19)29-25)26(33)31(27)23-10-6-3-7-18(23)2/h3,6-7,10-15H,4-5,8-9,16H2,1-2H3,(H,28,32). The number of fused-ring (bicyclic) bond motifs is 2. The number of para-hydroxylation sites is 1. The number of carbonyl (C=O) groups is 1. The van der Waals surface area contributed by atoms with Crippen LogP contribution in [0.5, 0.6) is 0 Å². The van der Waals surface area contributed by atoms with Crippen molar-refractivity contribution < 1.29 is 4.79 Å². The van der Waals surface area contributed by atoms with E-state index in [9.17, 15) is 9.59 Å². The lowest BCUT2D eigenvalue weighted by atomic mass is 9.95. The number of nitrogens with zero attached hydrogens (tertiary/aromatic N) is 3. The molecule has 2 heterocycles. The molecule has 1 aliphatic rings. The number of nitrogens with one attached hydrogen (secondary N) is 1. The molecule has 0 fully saturated rings. The van der Waals surface area contributed by atoms with E-state index < -0.39 is 0 Å². The van der Waals surface area contributed by atoms with Crippen molar-refractivity contribution in [2.24, 2.45) is 0 Å². The molecular formula is C27H26N4O2S. The molecule has 0 radical (unpaired) electrons. The first-order valence-electron chi connectivity index (χ1n) is 11.5. The molecule has 7 heteroatoms. The zero-order valence-electron chi connectivity index (χ0n) is 19.3. The maximum Gasteiger partial charge on any atom is 0.268 e. The van der Waals surface area contributed by atoms with Crippen LogP contribution in [-0.4, -0.2) is 26.2 Å². The molecular weight excluding hydrogens is 444 g/mol. The summed E-state index contributed by atoms with van der Waals surface area (Å²) < 4.78 is 1.62. The highest BCUT2D eigenvalue weighted by atomic mass is 32.2. The molecule has 0 saturated carbocycles. The molecule has 1 aliphatic carbocycles. The average molecular weight is 471 g/mol. The second-order valence-electron chi connectivity index (χ2n) is 8.70. The van der Waals surface area contributed by atoms with Gasteiger partial charge in [-0.2, -0.15) is 0 Å². The van der Waals surface area contributed by atoms with Gasteiger partial charge in [-0.3, -0.25) is 14.2 Å². The maximum absolute atomic E-state index is 13.7. The normalized spacial score (nSPS) is 13.0. The maximum atomic E-state index is 13.7. The third-order valence-electron chi connectivity index (χ3n) is 6.13. The molecule has 2 aromatic carbocycles. The van der Waals surface area contributed by atoms with E-state index in [0.717, 1.165) is 59.4 Å². The topological polar surface area (TPSA) is 76.9 Å². The highest BCUT2D eigenvalue weighted by Crippen LogP contribution is 2.26. The lowest BCUT2D eigenvalue weighted by Crippen LogP contribution is -2.24. The van der Waals surface area contributed by atoms with E-state index in [1.54, 1.807) is 4.57 Å². The van der Waals surface area contributed by atoms with Gasteiger partial charge in [0.2, 0.25) is 5.91 Å². The summed E-state index contributed by atoms with van der Waals surface area (Å²) >= 11 is 1.25. The summed E-state index contributed by atoms with van der Waals surface area (Å²) in [4.78, 5) is 35.9. The van der Waals surface area contributed by atoms with Crippen LogP contribution in [-0.2, 0) is 17.6 Å². The highest BCUT2D eigenvalue weighted by molar-refractivity contribution is 7.99. The number of aromatic nitrogens is 3. The van der Waals surface area contributed by atoms with Gasteiger partial charge in [0.25, 0.3) is 5.56 Å². The van der Waals surface area contributed by atoms with Crippen LogP contribution in [0.1, 0.15) is 35.2 Å². The molecule has 2 aromatic heterocycles. The van der Waals surface area contributed by atoms with Gasteiger partial charge in [-0.1, -0.05) is 47.7 Å². The Morgan fingerprint density at radius 3 is 2.59 bits per heavy atom. The Bertz CT molecular complexity index is 1440. The van der Waals surface area contributed by atoms with E-state index in [1.807, 2.05) is 68.4 Å². The Morgan fingerprint density at radius 1 is 1.03 bits per heavy atom. The molecule has 0 spiro atoms. The minimum absolute atomic E-state index is 0.128. The largest absolute Gasteiger partial charge is 0.325 e. The van der Waals surface area contributed by atoms with Gasteiger partial charge in [0.1, 0.15) is 0 Å². The predicted molar refractivity (Wildman–Crippen MR) is 137 cm³/mol. The Hall–Kier alpha value is -3.45. The van der Waals surface area contributed by atoms with Gasteiger partial charge in [-0.25, -0.2) is 9.97 Å². The van der Waals surface area contributed by atoms with E-state index in [1.165, 1.54) is 11.8 Å². The van der Waals surface area contributed by atoms with Crippen molar-refractivity contribution in [3.05, 3.63) is 87.3 Å². The van der Waals surface area contributed by atoms with Crippen molar-refractivity contribution in [3.8, 4) is 5.69 Å². The fourth-order valence-electron chi connectivity index (χ4n) is 4.30. The highest BCUT2D eigenvalue weighted by Gasteiger charge is 2.20. The predicted octanol–water partition coefficient (Wildman–Crippen LogP) is 5.01. The lowest BCUT2D eigenvalue weighted by molar-refractivity contribution is -0.113. The molecule has 34 heavy (non-hydrogen) atoms. The molecule has 1 N–H and O–H groups in total. The number of aryl methyl sites for hydroxylation is 4. The van der Waals surface area contributed by atoms with Crippen molar-refractivity contribution in [3.63, 3.8) is 0 Å². The summed E-state index contributed by atoms with van der Waals surface area (Å²) in [5.41, 5.74) is 6.08. The van der Waals surface area contributed by atoms with Gasteiger partial charge in [0.15, 0.2) is 10.8 Å². The lowest BCUT2D eigenvalue weighted by Gasteiger charge is -2.18. The van der Waals surface area contributed by atoms with Gasteiger partial charge in [0.05, 0.1) is 16.8 Å². The fourth-order valence-corrected chi connectivity index (χ4v) is 5.09. The number of pyridine rings is 1. The number of hydrogen-bond donors (Lipinski definition) is 1. The first-order chi connectivity index (χ1) is 16.5. The summed E-state index contributed by atoms with van der Waals surface area (Å²) in [5, 5.41) is 3.90. The summed E-state index contributed by atoms with van der Waals surface area (Å²) in [7, 11) is 0. The number of thioether (sulfide) groups is 1. The summed E-state index contributed by atoms with van der Waals surface area (Å²) in [5.74, 6) is -0.0271. The van der Waals surface area contributed by atoms with E-state index in [0.29, 0.717) is 16.2 Å². The average Bonchev–Trinajstić information content (AvgIpc) is 2.84. The molecule has 0 atom stereocenters. The minimum Gasteiger partial charge on any atom is -0.325 e. The minimum atomic E-state index is -0.155. The van der Waals surface area contributed by atoms with Crippen molar-refractivity contribution in [1.82, 2.24) is 14.5 Å². The van der Waals surface area contributed by atoms with Crippen LogP contribution in [0.25, 0.3) is 16.7 Å². The number of anilines is 1. The smallest absolute Gasteiger partial charge is 0.268 e. The molecule has 4 aromatic rings. The van der Waals surface area contributed by atoms with Gasteiger partial charge >= 0.3 is 0 Å². The monoisotopic (exact) mass is 470 g/mol. The zero-order valence-corrected chi connectivity index (χ0v) is 20.1. The molecule has 5 rings (SSSR count). The Morgan fingerprint density at radius 2 is 1.79 bits per heavy atom. The Balaban J connectivity index is 1.54. The van der Waals surface area contributed by atoms with Crippen LogP contribution in [0.3, 0.4) is 0 Å². The van der Waals surface area contributed by atoms with Gasteiger partial charge in [0, 0.05) is 11.4 Å². The van der Waals surface area contributed by atoms with Gasteiger partial charge in [-0.15, -0.1) is 0 Å². The molecule has 0 saturated heterocycles. The van der Waals surface area contributed by atoms with E-state index >= 15 is 0 Å². The van der Waals surface area contributed by atoms with Crippen LogP contribution in [0.2, 0.25) is 0 Å². The second kappa shape index (κ2) is 9.43. The summed E-state index contributed by atoms with van der Waals surface area (Å²) in [6.45, 7) is 3.97. The molecule has 172 valence electrons. The van der Waals surface area contributed by atoms with E-state index in [2.05, 4.69) is 5.32 Å². The number of hydrogen-bond acceptors (Lipinski definition) is 5. The third-order valence-corrected chi connectivity index (χ3v) is 7.07. The molecule has 1 amide bonds. The number of rotatable bonds is 5.